The average Bonchev–Trinajstić information content (AvgIpc) is 3.08. The molecule has 0 aliphatic heterocycles. The number of carbonyl (C=O) groups is 2. The fraction of sp³-hybridized carbons (Fsp3) is 0.314. The van der Waals surface area contributed by atoms with Crippen LogP contribution in [0.25, 0.3) is 12.2 Å². The van der Waals surface area contributed by atoms with Crippen LogP contribution in [0.2, 0.25) is 0 Å². The lowest BCUT2D eigenvalue weighted by Crippen LogP contribution is -2.39. The van der Waals surface area contributed by atoms with E-state index in [1.54, 1.807) is 26.4 Å². The van der Waals surface area contributed by atoms with Gasteiger partial charge < -0.3 is 19.5 Å². The molecule has 0 bridgehead atoms. The summed E-state index contributed by atoms with van der Waals surface area (Å²) in [5.41, 5.74) is -0.841. The summed E-state index contributed by atoms with van der Waals surface area (Å²) in [7, 11) is 3.24. The van der Waals surface area contributed by atoms with E-state index in [9.17, 15) is 35.9 Å². The number of ether oxygens (including phenoxy) is 3. The van der Waals surface area contributed by atoms with Gasteiger partial charge in [-0.05, 0) is 73.5 Å². The summed E-state index contributed by atoms with van der Waals surface area (Å²) in [6.45, 7) is 3.50. The Bertz CT molecular complexity index is 1590. The van der Waals surface area contributed by atoms with Gasteiger partial charge in [-0.1, -0.05) is 0 Å². The summed E-state index contributed by atoms with van der Waals surface area (Å²) in [5.74, 6) is -10.1. The lowest BCUT2D eigenvalue weighted by Gasteiger charge is -2.27. The Morgan fingerprint density at radius 2 is 1.21 bits per heavy atom. The molecule has 48 heavy (non-hydrogen) atoms. The summed E-state index contributed by atoms with van der Waals surface area (Å²) in [5, 5.41) is 2.77. The molecule has 1 fully saturated rings. The predicted octanol–water partition coefficient (Wildman–Crippen LogP) is 6.12. The van der Waals surface area contributed by atoms with Gasteiger partial charge in [0.1, 0.15) is 12.4 Å². The molecule has 7 nitrogen and oxygen atoms in total. The van der Waals surface area contributed by atoms with Gasteiger partial charge in [-0.25, -0.2) is 26.3 Å². The van der Waals surface area contributed by atoms with E-state index in [-0.39, 0.29) is 29.6 Å². The third kappa shape index (κ3) is 9.33. The Labute approximate surface area is 273 Å². The Morgan fingerprint density at radius 3 is 1.69 bits per heavy atom. The third-order valence-corrected chi connectivity index (χ3v) is 7.66. The first-order chi connectivity index (χ1) is 23.0. The number of methoxy groups -OCH3 is 2. The van der Waals surface area contributed by atoms with Crippen molar-refractivity contribution in [2.24, 2.45) is 0 Å². The zero-order valence-electron chi connectivity index (χ0n) is 26.3. The first kappa shape index (κ1) is 36.4. The molecule has 1 N–H and O–H groups in total. The molecule has 0 heterocycles. The summed E-state index contributed by atoms with van der Waals surface area (Å²) in [4.78, 5) is 28.7. The number of hydrogen-bond donors (Lipinski definition) is 1. The van der Waals surface area contributed by atoms with E-state index in [0.717, 1.165) is 24.3 Å². The number of hydrogen-bond acceptors (Lipinski definition) is 6. The van der Waals surface area contributed by atoms with Crippen molar-refractivity contribution in [3.8, 4) is 5.75 Å². The maximum Gasteiger partial charge on any atom is 0.251 e. The highest BCUT2D eigenvalue weighted by Crippen LogP contribution is 2.31. The number of nitrogens with one attached hydrogen (secondary N) is 1. The molecule has 1 aliphatic carbocycles. The van der Waals surface area contributed by atoms with E-state index >= 15 is 0 Å². The monoisotopic (exact) mass is 676 g/mol. The Hall–Kier alpha value is -4.46. The number of carbonyl (C=O) groups excluding carboxylic acids is 2. The van der Waals surface area contributed by atoms with Gasteiger partial charge in [0, 0.05) is 67.7 Å². The number of rotatable bonds is 14. The molecule has 0 atom stereocenters. The highest BCUT2D eigenvalue weighted by molar-refractivity contribution is 6.14. The van der Waals surface area contributed by atoms with Crippen molar-refractivity contribution in [1.29, 1.82) is 0 Å². The van der Waals surface area contributed by atoms with Crippen molar-refractivity contribution in [3.05, 3.63) is 111 Å². The van der Waals surface area contributed by atoms with Crippen LogP contribution in [0.15, 0.2) is 59.7 Å². The second-order valence-electron chi connectivity index (χ2n) is 11.0. The van der Waals surface area contributed by atoms with Crippen LogP contribution in [0.5, 0.6) is 5.75 Å². The standard InChI is InChI=1S/C35H34F6N2O5/c1-46-14-11-43(12-15-47-2)13-16-48-27-7-3-21(4-8-27)35(45)42-26-19-24(17-22-5-9-28(36)32(40)30(22)38)34(44)25(20-26)18-23-6-10-29(37)33(41)31(23)39/h3-10,17-18,26H,11-16,19-20H2,1-2H3,(H,42,45)/b24-17+,25-18+. The molecule has 3 aromatic carbocycles. The molecule has 1 saturated carbocycles. The molecule has 256 valence electrons. The first-order valence-corrected chi connectivity index (χ1v) is 15.0. The molecule has 3 aromatic rings. The SMILES string of the molecule is COCCN(CCOC)CCOc1ccc(C(=O)NC2C/C(=C\c3ccc(F)c(F)c3F)C(=O)/C(=C/c3ccc(F)c(F)c3F)C2)cc1. The van der Waals surface area contributed by atoms with E-state index in [1.807, 2.05) is 0 Å². The molecular formula is C35H34F6N2O5. The van der Waals surface area contributed by atoms with Crippen molar-refractivity contribution in [1.82, 2.24) is 10.2 Å². The predicted molar refractivity (Wildman–Crippen MR) is 166 cm³/mol. The zero-order valence-corrected chi connectivity index (χ0v) is 26.3. The topological polar surface area (TPSA) is 77.1 Å². The van der Waals surface area contributed by atoms with E-state index in [4.69, 9.17) is 14.2 Å². The molecule has 0 saturated heterocycles. The largest absolute Gasteiger partial charge is 0.492 e. The summed E-state index contributed by atoms with van der Waals surface area (Å²) < 4.78 is 99.9. The van der Waals surface area contributed by atoms with E-state index in [1.165, 1.54) is 12.1 Å². The number of halogens is 6. The van der Waals surface area contributed by atoms with Crippen LogP contribution in [0, 0.1) is 34.9 Å². The highest BCUT2D eigenvalue weighted by atomic mass is 19.2. The van der Waals surface area contributed by atoms with Gasteiger partial charge in [-0.3, -0.25) is 14.5 Å². The third-order valence-electron chi connectivity index (χ3n) is 7.66. The second kappa shape index (κ2) is 17.1. The maximum atomic E-state index is 14.5. The van der Waals surface area contributed by atoms with Crippen molar-refractivity contribution in [3.63, 3.8) is 0 Å². The van der Waals surface area contributed by atoms with Gasteiger partial charge in [0.25, 0.3) is 5.91 Å². The Morgan fingerprint density at radius 1 is 0.729 bits per heavy atom. The number of amides is 1. The molecular weight excluding hydrogens is 642 g/mol. The molecule has 0 aromatic heterocycles. The van der Waals surface area contributed by atoms with Gasteiger partial charge >= 0.3 is 0 Å². The van der Waals surface area contributed by atoms with Crippen LogP contribution < -0.4 is 10.1 Å². The Balaban J connectivity index is 1.51. The molecule has 1 aliphatic rings. The van der Waals surface area contributed by atoms with Crippen molar-refractivity contribution < 1.29 is 50.1 Å². The van der Waals surface area contributed by atoms with Crippen LogP contribution in [-0.2, 0) is 14.3 Å². The maximum absolute atomic E-state index is 14.5. The van der Waals surface area contributed by atoms with Crippen LogP contribution in [0.3, 0.4) is 0 Å². The molecule has 0 radical (unpaired) electrons. The normalized spacial score (nSPS) is 16.6. The smallest absolute Gasteiger partial charge is 0.251 e. The van der Waals surface area contributed by atoms with E-state index in [2.05, 4.69) is 10.2 Å². The summed E-state index contributed by atoms with van der Waals surface area (Å²) >= 11 is 0. The molecule has 0 unspecified atom stereocenters. The van der Waals surface area contributed by atoms with Crippen LogP contribution in [0.1, 0.15) is 34.3 Å². The van der Waals surface area contributed by atoms with Gasteiger partial charge in [0.15, 0.2) is 40.7 Å². The van der Waals surface area contributed by atoms with Gasteiger partial charge in [0.2, 0.25) is 0 Å². The van der Waals surface area contributed by atoms with E-state index < -0.39 is 63.8 Å². The number of benzene rings is 3. The molecule has 4 rings (SSSR count). The fourth-order valence-electron chi connectivity index (χ4n) is 5.07. The van der Waals surface area contributed by atoms with Crippen molar-refractivity contribution in [2.45, 2.75) is 18.9 Å². The molecule has 13 heteroatoms. The minimum Gasteiger partial charge on any atom is -0.492 e. The second-order valence-corrected chi connectivity index (χ2v) is 11.0. The van der Waals surface area contributed by atoms with E-state index in [0.29, 0.717) is 57.3 Å². The zero-order chi connectivity index (χ0) is 34.8. The van der Waals surface area contributed by atoms with Crippen LogP contribution in [-0.4, -0.2) is 76.3 Å². The van der Waals surface area contributed by atoms with Crippen LogP contribution >= 0.6 is 0 Å². The fourth-order valence-corrected chi connectivity index (χ4v) is 5.07. The highest BCUT2D eigenvalue weighted by Gasteiger charge is 2.30. The minimum atomic E-state index is -1.74. The van der Waals surface area contributed by atoms with Gasteiger partial charge in [-0.2, -0.15) is 0 Å². The quantitative estimate of drug-likeness (QED) is 0.126. The minimum absolute atomic E-state index is 0.112. The lowest BCUT2D eigenvalue weighted by atomic mass is 9.83. The summed E-state index contributed by atoms with van der Waals surface area (Å²) in [6.07, 6.45) is 1.71. The molecule has 1 amide bonds. The van der Waals surface area contributed by atoms with Crippen LogP contribution in [0.4, 0.5) is 26.3 Å². The first-order valence-electron chi connectivity index (χ1n) is 15.0. The summed E-state index contributed by atoms with van der Waals surface area (Å²) in [6, 6.07) is 8.75. The Kier molecular flexibility index (Phi) is 13.0. The van der Waals surface area contributed by atoms with Crippen molar-refractivity contribution in [2.75, 3.05) is 53.7 Å². The van der Waals surface area contributed by atoms with Gasteiger partial charge in [0.05, 0.1) is 13.2 Å². The average molecular weight is 677 g/mol. The number of Topliss-reactive ketones (excluding diaryl/α,β-unsaturated/α-hetero) is 1. The van der Waals surface area contributed by atoms with Crippen molar-refractivity contribution >= 4 is 23.8 Å². The lowest BCUT2D eigenvalue weighted by molar-refractivity contribution is -0.113. The van der Waals surface area contributed by atoms with Gasteiger partial charge in [-0.15, -0.1) is 0 Å². The number of ketones is 1. The number of nitrogens with zero attached hydrogens (tertiary/aromatic N) is 1. The molecule has 0 spiro atoms.